The molecule has 1 fully saturated rings. The van der Waals surface area contributed by atoms with Crippen molar-refractivity contribution in [2.24, 2.45) is 0 Å². The highest BCUT2D eigenvalue weighted by Crippen LogP contribution is 2.36. The lowest BCUT2D eigenvalue weighted by molar-refractivity contribution is -0.374. The van der Waals surface area contributed by atoms with E-state index in [1.165, 1.54) is 17.0 Å². The Kier molecular flexibility index (Phi) is 8.16. The molecule has 6 nitrogen and oxygen atoms in total. The van der Waals surface area contributed by atoms with Crippen molar-refractivity contribution in [3.05, 3.63) is 105 Å². The molecule has 3 aromatic carbocycles. The van der Waals surface area contributed by atoms with Gasteiger partial charge in [0.2, 0.25) is 0 Å². The van der Waals surface area contributed by atoms with Crippen LogP contribution in [-0.4, -0.2) is 40.2 Å². The Morgan fingerprint density at radius 2 is 1.66 bits per heavy atom. The van der Waals surface area contributed by atoms with Crippen molar-refractivity contribution >= 4 is 29.1 Å². The van der Waals surface area contributed by atoms with Gasteiger partial charge in [0.15, 0.2) is 18.3 Å². The van der Waals surface area contributed by atoms with Crippen LogP contribution in [0.2, 0.25) is 10.0 Å². The van der Waals surface area contributed by atoms with Crippen LogP contribution >= 0.6 is 23.2 Å². The number of ether oxygens (including phenoxy) is 2. The van der Waals surface area contributed by atoms with Gasteiger partial charge in [0, 0.05) is 29.6 Å². The van der Waals surface area contributed by atoms with Crippen molar-refractivity contribution in [2.45, 2.75) is 45.1 Å². The summed E-state index contributed by atoms with van der Waals surface area (Å²) < 4.78 is 52.3. The molecule has 1 aromatic heterocycles. The van der Waals surface area contributed by atoms with Crippen LogP contribution in [0.25, 0.3) is 16.9 Å². The number of carbonyl (C=O) groups excluding carboxylic acids is 1. The van der Waals surface area contributed by atoms with Gasteiger partial charge < -0.3 is 14.4 Å². The number of halogens is 5. The van der Waals surface area contributed by atoms with Crippen LogP contribution in [-0.2, 0) is 22.1 Å². The number of alkyl halides is 3. The van der Waals surface area contributed by atoms with Crippen molar-refractivity contribution in [1.82, 2.24) is 14.7 Å². The molecule has 41 heavy (non-hydrogen) atoms. The molecule has 0 unspecified atom stereocenters. The first-order chi connectivity index (χ1) is 19.4. The van der Waals surface area contributed by atoms with Crippen LogP contribution in [0, 0.1) is 0 Å². The second-order valence-electron chi connectivity index (χ2n) is 9.73. The Labute approximate surface area is 245 Å². The van der Waals surface area contributed by atoms with E-state index in [9.17, 15) is 18.0 Å². The fourth-order valence-electron chi connectivity index (χ4n) is 4.74. The van der Waals surface area contributed by atoms with E-state index in [0.29, 0.717) is 32.6 Å². The summed E-state index contributed by atoms with van der Waals surface area (Å²) in [5.74, 6) is -0.430. The molecular formula is C30H26Cl2F3N3O3. The van der Waals surface area contributed by atoms with Gasteiger partial charge >= 0.3 is 6.18 Å². The van der Waals surface area contributed by atoms with Crippen LogP contribution in [0.3, 0.4) is 0 Å². The first kappa shape index (κ1) is 29.1. The van der Waals surface area contributed by atoms with E-state index < -0.39 is 30.0 Å². The van der Waals surface area contributed by atoms with Gasteiger partial charge in [0.25, 0.3) is 5.91 Å². The minimum absolute atomic E-state index is 0.142. The highest BCUT2D eigenvalue weighted by molar-refractivity contribution is 6.32. The summed E-state index contributed by atoms with van der Waals surface area (Å²) in [6.45, 7) is 3.51. The minimum Gasteiger partial charge on any atom is -0.334 e. The maximum atomic E-state index is 14.1. The molecule has 1 aliphatic rings. The fraction of sp³-hybridized carbons (Fsp3) is 0.267. The number of hydrogen-bond donors (Lipinski definition) is 0. The Bertz CT molecular complexity index is 1550. The van der Waals surface area contributed by atoms with Gasteiger partial charge in [-0.25, -0.2) is 4.68 Å². The van der Waals surface area contributed by atoms with Crippen LogP contribution in [0.1, 0.15) is 47.1 Å². The predicted octanol–water partition coefficient (Wildman–Crippen LogP) is 7.96. The topological polar surface area (TPSA) is 56.6 Å². The number of carbonyl (C=O) groups is 1. The molecule has 0 N–H and O–H groups in total. The maximum absolute atomic E-state index is 14.1. The van der Waals surface area contributed by atoms with Crippen LogP contribution in [0.4, 0.5) is 13.2 Å². The van der Waals surface area contributed by atoms with E-state index in [0.717, 1.165) is 17.7 Å². The molecule has 214 valence electrons. The summed E-state index contributed by atoms with van der Waals surface area (Å²) in [6.07, 6.45) is -5.20. The Balaban J connectivity index is 1.61. The van der Waals surface area contributed by atoms with E-state index in [-0.39, 0.29) is 18.4 Å². The first-order valence-corrected chi connectivity index (χ1v) is 13.6. The molecule has 1 amide bonds. The summed E-state index contributed by atoms with van der Waals surface area (Å²) in [7, 11) is 1.59. The molecule has 1 atom stereocenters. The molecule has 0 radical (unpaired) electrons. The molecule has 0 saturated carbocycles. The third kappa shape index (κ3) is 5.99. The van der Waals surface area contributed by atoms with Crippen LogP contribution in [0.5, 0.6) is 0 Å². The number of nitrogens with zero attached hydrogens (tertiary/aromatic N) is 3. The normalized spacial score (nSPS) is 17.7. The van der Waals surface area contributed by atoms with E-state index in [1.54, 1.807) is 55.9 Å². The molecule has 11 heteroatoms. The highest BCUT2D eigenvalue weighted by atomic mass is 35.5. The zero-order valence-corrected chi connectivity index (χ0v) is 23.8. The first-order valence-electron chi connectivity index (χ1n) is 12.8. The highest BCUT2D eigenvalue weighted by Gasteiger charge is 2.35. The minimum atomic E-state index is -4.45. The van der Waals surface area contributed by atoms with Crippen molar-refractivity contribution in [3.8, 4) is 16.9 Å². The third-order valence-corrected chi connectivity index (χ3v) is 7.64. The monoisotopic (exact) mass is 603 g/mol. The Morgan fingerprint density at radius 1 is 1.02 bits per heavy atom. The summed E-state index contributed by atoms with van der Waals surface area (Å²) in [5.41, 5.74) is 2.40. The van der Waals surface area contributed by atoms with Gasteiger partial charge in [0.05, 0.1) is 28.0 Å². The molecule has 1 saturated heterocycles. The van der Waals surface area contributed by atoms with Gasteiger partial charge in [-0.05, 0) is 55.8 Å². The van der Waals surface area contributed by atoms with Crippen molar-refractivity contribution < 1.29 is 27.4 Å². The van der Waals surface area contributed by atoms with E-state index in [4.69, 9.17) is 37.8 Å². The van der Waals surface area contributed by atoms with Crippen molar-refractivity contribution in [2.75, 3.05) is 7.05 Å². The number of para-hydroxylation sites is 1. The zero-order valence-electron chi connectivity index (χ0n) is 22.3. The lowest BCUT2D eigenvalue weighted by Gasteiger charge is -2.34. The molecular weight excluding hydrogens is 578 g/mol. The summed E-state index contributed by atoms with van der Waals surface area (Å²) in [5, 5.41) is 5.73. The molecule has 0 spiro atoms. The van der Waals surface area contributed by atoms with Crippen molar-refractivity contribution in [3.63, 3.8) is 0 Å². The summed E-state index contributed by atoms with van der Waals surface area (Å²) >= 11 is 12.8. The third-order valence-electron chi connectivity index (χ3n) is 7.06. The molecule has 0 aliphatic carbocycles. The molecule has 1 aliphatic heterocycles. The van der Waals surface area contributed by atoms with Gasteiger partial charge in [-0.15, -0.1) is 0 Å². The molecule has 4 aromatic rings. The van der Waals surface area contributed by atoms with Gasteiger partial charge in [-0.3, -0.25) is 4.79 Å². The quantitative estimate of drug-likeness (QED) is 0.215. The predicted molar refractivity (Wildman–Crippen MR) is 150 cm³/mol. The molecule has 0 bridgehead atoms. The van der Waals surface area contributed by atoms with Gasteiger partial charge in [0.1, 0.15) is 0 Å². The van der Waals surface area contributed by atoms with Crippen molar-refractivity contribution in [1.29, 1.82) is 0 Å². The van der Waals surface area contributed by atoms with E-state index in [1.807, 2.05) is 18.2 Å². The van der Waals surface area contributed by atoms with Crippen LogP contribution < -0.4 is 0 Å². The van der Waals surface area contributed by atoms with E-state index >= 15 is 0 Å². The number of hydrogen-bond acceptors (Lipinski definition) is 4. The summed E-state index contributed by atoms with van der Waals surface area (Å²) in [6, 6.07) is 18.5. The standard InChI is InChI=1S/C30H26Cl2F3N3O3/c1-17(19-8-12-21(13-9-19)30(33,34)35)37(3)29(39)27-23(16-26-40-18(2)41-26)28(20-10-14-22(31)15-11-20)38(36-27)25-7-5-4-6-24(25)32/h4-15,17-18,26H,16H2,1-3H3/t17-,18?,26?/m1/s1. The average Bonchev–Trinajstić information content (AvgIpc) is 3.30. The largest absolute Gasteiger partial charge is 0.416 e. The van der Waals surface area contributed by atoms with E-state index in [2.05, 4.69) is 0 Å². The fourth-order valence-corrected chi connectivity index (χ4v) is 5.08. The lowest BCUT2D eigenvalue weighted by atomic mass is 10.0. The summed E-state index contributed by atoms with van der Waals surface area (Å²) in [4.78, 5) is 15.5. The number of rotatable bonds is 7. The maximum Gasteiger partial charge on any atom is 0.416 e. The Morgan fingerprint density at radius 3 is 2.24 bits per heavy atom. The average molecular weight is 604 g/mol. The number of benzene rings is 3. The second kappa shape index (κ2) is 11.5. The van der Waals surface area contributed by atoms with Gasteiger partial charge in [-0.2, -0.15) is 18.3 Å². The number of aromatic nitrogens is 2. The lowest BCUT2D eigenvalue weighted by Crippen LogP contribution is -2.40. The second-order valence-corrected chi connectivity index (χ2v) is 10.6. The van der Waals surface area contributed by atoms with Crippen LogP contribution in [0.15, 0.2) is 72.8 Å². The SMILES string of the molecule is CC1OC(Cc2c(C(=O)N(C)[C@H](C)c3ccc(C(F)(F)F)cc3)nn(-c3ccccc3Cl)c2-c2ccc(Cl)cc2)O1. The Hall–Kier alpha value is -3.37. The van der Waals surface area contributed by atoms with Gasteiger partial charge in [-0.1, -0.05) is 59.6 Å². The molecule has 2 heterocycles. The molecule has 5 rings (SSSR count). The zero-order chi connectivity index (χ0) is 29.5. The smallest absolute Gasteiger partial charge is 0.334 e. The number of amides is 1.